The van der Waals surface area contributed by atoms with Crippen molar-refractivity contribution in [1.82, 2.24) is 19.5 Å². The van der Waals surface area contributed by atoms with Crippen LogP contribution in [0.3, 0.4) is 0 Å². The SMILES string of the molecule is CC(C)N1CC(O)C2=C/C(=N/NC(N)=O)C(=O)C=C21.CC(CN1c2ccccc2Sc2ccc(S(=O)(=O)N(C)C)cc21)N(C)C. The highest BCUT2D eigenvalue weighted by molar-refractivity contribution is 7.99. The zero-order valence-corrected chi connectivity index (χ0v) is 28.2. The first-order chi connectivity index (χ1) is 21.1. The largest absolute Gasteiger partial charge is 0.386 e. The number of amides is 2. The number of benzene rings is 2. The number of β-amino-alcohol motifs (C(OH)–C–C–N with tert-alkyl or cyclic N) is 1. The summed E-state index contributed by atoms with van der Waals surface area (Å²) in [6.45, 7) is 7.37. The van der Waals surface area contributed by atoms with Crippen molar-refractivity contribution in [1.29, 1.82) is 0 Å². The number of rotatable bonds is 7. The Kier molecular flexibility index (Phi) is 10.4. The van der Waals surface area contributed by atoms with E-state index in [-0.39, 0.29) is 17.5 Å². The minimum atomic E-state index is -3.47. The van der Waals surface area contributed by atoms with Gasteiger partial charge in [0.15, 0.2) is 0 Å². The minimum absolute atomic E-state index is 0.0576. The average molecular weight is 656 g/mol. The highest BCUT2D eigenvalue weighted by atomic mass is 32.2. The van der Waals surface area contributed by atoms with Gasteiger partial charge in [-0.05, 0) is 71.3 Å². The Hall–Kier alpha value is -3.69. The van der Waals surface area contributed by atoms with Gasteiger partial charge < -0.3 is 25.5 Å². The number of para-hydroxylation sites is 1. The summed E-state index contributed by atoms with van der Waals surface area (Å²) in [7, 11) is 3.77. The van der Waals surface area contributed by atoms with Crippen molar-refractivity contribution in [3.8, 4) is 0 Å². The number of hydrazone groups is 1. The van der Waals surface area contributed by atoms with E-state index in [0.717, 1.165) is 22.8 Å². The zero-order valence-electron chi connectivity index (χ0n) is 26.6. The second kappa shape index (κ2) is 13.7. The van der Waals surface area contributed by atoms with Gasteiger partial charge in [0, 0.05) is 66.4 Å². The molecule has 2 aliphatic heterocycles. The molecule has 4 N–H and O–H groups in total. The van der Waals surface area contributed by atoms with Crippen molar-refractivity contribution in [2.24, 2.45) is 10.8 Å². The zero-order chi connectivity index (χ0) is 33.2. The molecule has 1 fully saturated rings. The highest BCUT2D eigenvalue weighted by Crippen LogP contribution is 2.48. The molecule has 0 saturated carbocycles. The maximum absolute atomic E-state index is 12.6. The third kappa shape index (κ3) is 7.42. The standard InChI is InChI=1S/C19H25N3O2S2.C12H16N4O3/c1-14(20(2)3)13-22-16-8-6-7-9-18(16)25-19-11-10-15(12-17(19)22)26(23,24)21(4)5;1-6(2)16-5-11(18)7-3-8(14-15-12(13)19)10(17)4-9(7)16/h6-12,14H,13H2,1-5H3;3-4,6,11,18H,5H2,1-2H3,(H3,13,15,19)/b;14-8-. The Labute approximate surface area is 269 Å². The van der Waals surface area contributed by atoms with Crippen LogP contribution in [0.15, 0.2) is 85.7 Å². The molecule has 1 saturated heterocycles. The molecule has 2 unspecified atom stereocenters. The fourth-order valence-corrected chi connectivity index (χ4v) is 6.97. The van der Waals surface area contributed by atoms with Crippen LogP contribution in [0.1, 0.15) is 20.8 Å². The molecule has 45 heavy (non-hydrogen) atoms. The second-order valence-electron chi connectivity index (χ2n) is 11.6. The Morgan fingerprint density at radius 2 is 1.76 bits per heavy atom. The van der Waals surface area contributed by atoms with Crippen molar-refractivity contribution < 1.29 is 23.1 Å². The molecule has 1 aliphatic carbocycles. The van der Waals surface area contributed by atoms with Gasteiger partial charge in [0.2, 0.25) is 15.8 Å². The normalized spacial score (nSPS) is 19.0. The number of nitrogens with two attached hydrogens (primary N) is 1. The molecule has 2 aromatic rings. The summed E-state index contributed by atoms with van der Waals surface area (Å²) in [6, 6.07) is 13.3. The molecule has 2 amide bonds. The molecule has 2 atom stereocenters. The number of carbonyl (C=O) groups excluding carboxylic acids is 2. The maximum Gasteiger partial charge on any atom is 0.332 e. The summed E-state index contributed by atoms with van der Waals surface area (Å²) in [4.78, 5) is 31.4. The highest BCUT2D eigenvalue weighted by Gasteiger charge is 2.35. The number of aliphatic hydroxyl groups is 1. The Morgan fingerprint density at radius 1 is 1.09 bits per heavy atom. The van der Waals surface area contributed by atoms with E-state index in [9.17, 15) is 23.1 Å². The van der Waals surface area contributed by atoms with E-state index in [1.165, 1.54) is 21.4 Å². The lowest BCUT2D eigenvalue weighted by Gasteiger charge is -2.36. The minimum Gasteiger partial charge on any atom is -0.386 e. The molecular weight excluding hydrogens is 615 g/mol. The number of fused-ring (bicyclic) bond motifs is 3. The van der Waals surface area contributed by atoms with Gasteiger partial charge in [-0.1, -0.05) is 23.9 Å². The first-order valence-electron chi connectivity index (χ1n) is 14.4. The maximum atomic E-state index is 12.6. The van der Waals surface area contributed by atoms with Crippen LogP contribution in [0.25, 0.3) is 0 Å². The molecule has 2 aromatic carbocycles. The Bertz CT molecular complexity index is 1670. The van der Waals surface area contributed by atoms with Gasteiger partial charge in [0.25, 0.3) is 0 Å². The number of nitrogens with zero attached hydrogens (tertiary/aromatic N) is 5. The number of anilines is 2. The van der Waals surface area contributed by atoms with Gasteiger partial charge in [-0.2, -0.15) is 5.10 Å². The predicted molar refractivity (Wildman–Crippen MR) is 177 cm³/mol. The van der Waals surface area contributed by atoms with Gasteiger partial charge in [-0.3, -0.25) is 4.79 Å². The van der Waals surface area contributed by atoms with Crippen LogP contribution in [0.5, 0.6) is 0 Å². The van der Waals surface area contributed by atoms with E-state index in [2.05, 4.69) is 48.1 Å². The van der Waals surface area contributed by atoms with Crippen molar-refractivity contribution in [2.45, 2.75) is 53.6 Å². The van der Waals surface area contributed by atoms with Gasteiger partial charge in [-0.15, -0.1) is 0 Å². The molecular formula is C31H41N7O5S2. The molecule has 0 radical (unpaired) electrons. The Balaban J connectivity index is 0.000000215. The Morgan fingerprint density at radius 3 is 2.38 bits per heavy atom. The van der Waals surface area contributed by atoms with E-state index in [0.29, 0.717) is 28.8 Å². The van der Waals surface area contributed by atoms with Crippen molar-refractivity contribution in [2.75, 3.05) is 46.2 Å². The molecule has 12 nitrogen and oxygen atoms in total. The fraction of sp³-hybridized carbons (Fsp3) is 0.387. The fourth-order valence-electron chi connectivity index (χ4n) is 4.97. The third-order valence-electron chi connectivity index (χ3n) is 7.76. The number of likely N-dealkylation sites (tertiary alicyclic amines) is 1. The number of primary amides is 1. The van der Waals surface area contributed by atoms with Crippen LogP contribution in [-0.4, -0.2) is 105 Å². The quantitative estimate of drug-likeness (QED) is 0.302. The first kappa shape index (κ1) is 34.2. The van der Waals surface area contributed by atoms with Crippen molar-refractivity contribution in [3.05, 3.63) is 65.9 Å². The van der Waals surface area contributed by atoms with E-state index in [1.807, 2.05) is 42.4 Å². The number of urea groups is 1. The number of sulfonamides is 1. The predicted octanol–water partition coefficient (Wildman–Crippen LogP) is 2.98. The molecule has 0 bridgehead atoms. The number of nitrogens with one attached hydrogen (secondary N) is 1. The second-order valence-corrected chi connectivity index (χ2v) is 14.9. The summed E-state index contributed by atoms with van der Waals surface area (Å²) in [6.07, 6.45) is 2.24. The van der Waals surface area contributed by atoms with Crippen molar-refractivity contribution in [3.63, 3.8) is 0 Å². The molecule has 5 rings (SSSR count). The molecule has 242 valence electrons. The number of aliphatic hydroxyl groups excluding tert-OH is 1. The summed E-state index contributed by atoms with van der Waals surface area (Å²) in [5.74, 6) is -0.327. The number of likely N-dealkylation sites (N-methyl/N-ethyl adjacent to an activating group) is 1. The molecule has 3 aliphatic rings. The van der Waals surface area contributed by atoms with Crippen LogP contribution >= 0.6 is 11.8 Å². The number of carbonyl (C=O) groups is 2. The monoisotopic (exact) mass is 655 g/mol. The van der Waals surface area contributed by atoms with E-state index in [4.69, 9.17) is 5.73 Å². The van der Waals surface area contributed by atoms with Crippen LogP contribution in [-0.2, 0) is 14.8 Å². The first-order valence-corrected chi connectivity index (χ1v) is 16.7. The number of allylic oxidation sites excluding steroid dienone is 2. The lowest BCUT2D eigenvalue weighted by molar-refractivity contribution is -0.109. The topological polar surface area (TPSA) is 152 Å². The summed E-state index contributed by atoms with van der Waals surface area (Å²) < 4.78 is 26.4. The lowest BCUT2D eigenvalue weighted by Crippen LogP contribution is -2.37. The smallest absolute Gasteiger partial charge is 0.332 e. The van der Waals surface area contributed by atoms with Gasteiger partial charge in [0.05, 0.1) is 22.4 Å². The molecule has 0 aromatic heterocycles. The third-order valence-corrected chi connectivity index (χ3v) is 10.7. The summed E-state index contributed by atoms with van der Waals surface area (Å²) >= 11 is 1.69. The van der Waals surface area contributed by atoms with Gasteiger partial charge in [-0.25, -0.2) is 22.9 Å². The molecule has 14 heteroatoms. The lowest BCUT2D eigenvalue weighted by atomic mass is 9.99. The van der Waals surface area contributed by atoms with Crippen molar-refractivity contribution >= 4 is 50.7 Å². The summed E-state index contributed by atoms with van der Waals surface area (Å²) in [5, 5.41) is 13.6. The van der Waals surface area contributed by atoms with Crippen LogP contribution in [0.2, 0.25) is 0 Å². The van der Waals surface area contributed by atoms with E-state index < -0.39 is 22.2 Å². The van der Waals surface area contributed by atoms with Gasteiger partial charge >= 0.3 is 6.03 Å². The van der Waals surface area contributed by atoms with Crippen LogP contribution in [0.4, 0.5) is 16.2 Å². The number of hydrogen-bond donors (Lipinski definition) is 3. The van der Waals surface area contributed by atoms with Crippen LogP contribution in [0, 0.1) is 0 Å². The molecule has 2 heterocycles. The van der Waals surface area contributed by atoms with E-state index in [1.54, 1.807) is 38.0 Å². The molecule has 0 spiro atoms. The van der Waals surface area contributed by atoms with Crippen LogP contribution < -0.4 is 16.1 Å². The number of ketones is 1. The van der Waals surface area contributed by atoms with Gasteiger partial charge in [0.1, 0.15) is 5.71 Å². The number of hydrogen-bond acceptors (Lipinski definition) is 10. The average Bonchev–Trinajstić information content (AvgIpc) is 3.30. The summed E-state index contributed by atoms with van der Waals surface area (Å²) in [5.41, 5.74) is 10.4. The van der Waals surface area contributed by atoms with E-state index >= 15 is 0 Å².